The molecule has 0 spiro atoms. The lowest BCUT2D eigenvalue weighted by Gasteiger charge is -2.24. The van der Waals surface area contributed by atoms with Crippen LogP contribution in [0.25, 0.3) is 0 Å². The molecular weight excluding hydrogens is 240 g/mol. The van der Waals surface area contributed by atoms with Crippen molar-refractivity contribution < 1.29 is 4.74 Å². The third-order valence-electron chi connectivity index (χ3n) is 2.81. The largest absolute Gasteiger partial charge is 0.385 e. The first-order valence-electron chi connectivity index (χ1n) is 6.57. The molecule has 1 rings (SSSR count). The Kier molecular flexibility index (Phi) is 6.92. The van der Waals surface area contributed by atoms with Gasteiger partial charge in [0.05, 0.1) is 0 Å². The molecule has 0 fully saturated rings. The van der Waals surface area contributed by atoms with Crippen LogP contribution in [0.3, 0.4) is 0 Å². The van der Waals surface area contributed by atoms with E-state index in [2.05, 4.69) is 48.5 Å². The molecule has 5 nitrogen and oxygen atoms in total. The molecule has 0 heterocycles. The fourth-order valence-corrected chi connectivity index (χ4v) is 1.78. The van der Waals surface area contributed by atoms with Crippen LogP contribution in [0.15, 0.2) is 29.3 Å². The number of nitrogens with zero attached hydrogens (tertiary/aromatic N) is 2. The molecule has 106 valence electrons. The molecule has 5 heteroatoms. The van der Waals surface area contributed by atoms with Gasteiger partial charge in [0.15, 0.2) is 0 Å². The molecular formula is C14H24N4O. The third-order valence-corrected chi connectivity index (χ3v) is 2.81. The molecule has 0 aliphatic carbocycles. The molecule has 19 heavy (non-hydrogen) atoms. The van der Waals surface area contributed by atoms with E-state index >= 15 is 0 Å². The zero-order valence-corrected chi connectivity index (χ0v) is 12.0. The number of hydrazine groups is 1. The standard InChI is InChI=1S/C14H24N4O/c1-4-18(13-8-6-12(2)7-9-13)14(17-15)16-10-5-11-19-3/h6-9H,4-5,10-11,15H2,1-3H3,(H,16,17). The van der Waals surface area contributed by atoms with Gasteiger partial charge in [0.1, 0.15) is 0 Å². The Hall–Kier alpha value is -1.59. The van der Waals surface area contributed by atoms with Crippen molar-refractivity contribution in [1.29, 1.82) is 0 Å². The van der Waals surface area contributed by atoms with Crippen molar-refractivity contribution in [2.45, 2.75) is 20.3 Å². The Morgan fingerprint density at radius 2 is 2.05 bits per heavy atom. The van der Waals surface area contributed by atoms with Gasteiger partial charge in [-0.25, -0.2) is 5.84 Å². The van der Waals surface area contributed by atoms with Gasteiger partial charge in [0.25, 0.3) is 0 Å². The number of hydrogen-bond donors (Lipinski definition) is 2. The molecule has 1 aromatic rings. The van der Waals surface area contributed by atoms with E-state index in [1.807, 2.05) is 4.90 Å². The minimum atomic E-state index is 0.683. The topological polar surface area (TPSA) is 62.9 Å². The Balaban J connectivity index is 2.77. The second-order valence-electron chi connectivity index (χ2n) is 4.28. The first-order chi connectivity index (χ1) is 9.22. The number of methoxy groups -OCH3 is 1. The number of ether oxygens (including phenoxy) is 1. The molecule has 0 unspecified atom stereocenters. The number of aryl methyl sites for hydroxylation is 1. The van der Waals surface area contributed by atoms with Crippen molar-refractivity contribution in [3.8, 4) is 0 Å². The quantitative estimate of drug-likeness (QED) is 0.270. The van der Waals surface area contributed by atoms with Crippen molar-refractivity contribution in [2.24, 2.45) is 10.8 Å². The third kappa shape index (κ3) is 4.89. The lowest BCUT2D eigenvalue weighted by atomic mass is 10.2. The Morgan fingerprint density at radius 1 is 1.37 bits per heavy atom. The highest BCUT2D eigenvalue weighted by molar-refractivity contribution is 5.95. The maximum absolute atomic E-state index is 5.58. The van der Waals surface area contributed by atoms with Crippen LogP contribution in [0.2, 0.25) is 0 Å². The van der Waals surface area contributed by atoms with Crippen molar-refractivity contribution in [3.63, 3.8) is 0 Å². The number of aliphatic imine (C=N–C) groups is 1. The fraction of sp³-hybridized carbons (Fsp3) is 0.500. The number of hydrogen-bond acceptors (Lipinski definition) is 3. The van der Waals surface area contributed by atoms with Gasteiger partial charge in [-0.2, -0.15) is 0 Å². The number of nitrogens with two attached hydrogens (primary N) is 1. The summed E-state index contributed by atoms with van der Waals surface area (Å²) in [6.07, 6.45) is 0.882. The summed E-state index contributed by atoms with van der Waals surface area (Å²) >= 11 is 0. The molecule has 0 amide bonds. The minimum absolute atomic E-state index is 0.683. The highest BCUT2D eigenvalue weighted by atomic mass is 16.5. The van der Waals surface area contributed by atoms with Crippen molar-refractivity contribution >= 4 is 11.6 Å². The summed E-state index contributed by atoms with van der Waals surface area (Å²) in [6.45, 7) is 6.34. The number of rotatable bonds is 6. The Morgan fingerprint density at radius 3 is 2.58 bits per heavy atom. The summed E-state index contributed by atoms with van der Waals surface area (Å²) in [7, 11) is 1.69. The molecule has 0 saturated heterocycles. The maximum atomic E-state index is 5.58. The van der Waals surface area contributed by atoms with Crippen LogP contribution >= 0.6 is 0 Å². The van der Waals surface area contributed by atoms with Crippen LogP contribution in [0, 0.1) is 6.92 Å². The van der Waals surface area contributed by atoms with Crippen LogP contribution in [-0.2, 0) is 4.74 Å². The SMILES string of the molecule is CCN(C(=NCCCOC)NN)c1ccc(C)cc1. The lowest BCUT2D eigenvalue weighted by Crippen LogP contribution is -2.45. The van der Waals surface area contributed by atoms with Crippen LogP contribution in [0.1, 0.15) is 18.9 Å². The van der Waals surface area contributed by atoms with Crippen LogP contribution in [0.4, 0.5) is 5.69 Å². The molecule has 3 N–H and O–H groups in total. The van der Waals surface area contributed by atoms with Gasteiger partial charge in [-0.05, 0) is 32.4 Å². The zero-order valence-electron chi connectivity index (χ0n) is 12.0. The first kappa shape index (κ1) is 15.5. The second-order valence-corrected chi connectivity index (χ2v) is 4.28. The average Bonchev–Trinajstić information content (AvgIpc) is 2.44. The van der Waals surface area contributed by atoms with Gasteiger partial charge < -0.3 is 9.64 Å². The molecule has 0 bridgehead atoms. The second kappa shape index (κ2) is 8.50. The highest BCUT2D eigenvalue weighted by Gasteiger charge is 2.10. The predicted molar refractivity (Wildman–Crippen MR) is 80.3 cm³/mol. The number of benzene rings is 1. The van der Waals surface area contributed by atoms with Crippen molar-refractivity contribution in [3.05, 3.63) is 29.8 Å². The monoisotopic (exact) mass is 264 g/mol. The fourth-order valence-electron chi connectivity index (χ4n) is 1.78. The molecule has 1 aromatic carbocycles. The summed E-state index contributed by atoms with van der Waals surface area (Å²) < 4.78 is 5.01. The smallest absolute Gasteiger partial charge is 0.212 e. The van der Waals surface area contributed by atoms with E-state index in [1.165, 1.54) is 5.56 Å². The molecule has 0 aliphatic rings. The maximum Gasteiger partial charge on any atom is 0.212 e. The summed E-state index contributed by atoms with van der Waals surface area (Å²) in [5.74, 6) is 6.26. The first-order valence-corrected chi connectivity index (χ1v) is 6.57. The van der Waals surface area contributed by atoms with Gasteiger partial charge in [0.2, 0.25) is 5.96 Å². The lowest BCUT2D eigenvalue weighted by molar-refractivity contribution is 0.197. The van der Waals surface area contributed by atoms with Gasteiger partial charge >= 0.3 is 0 Å². The minimum Gasteiger partial charge on any atom is -0.385 e. The van der Waals surface area contributed by atoms with Crippen LogP contribution in [-0.4, -0.2) is 32.8 Å². The van der Waals surface area contributed by atoms with E-state index in [4.69, 9.17) is 10.6 Å². The van der Waals surface area contributed by atoms with E-state index < -0.39 is 0 Å². The highest BCUT2D eigenvalue weighted by Crippen LogP contribution is 2.14. The van der Waals surface area contributed by atoms with Gasteiger partial charge in [-0.3, -0.25) is 10.4 Å². The summed E-state index contributed by atoms with van der Waals surface area (Å²) in [5, 5.41) is 0. The van der Waals surface area contributed by atoms with Gasteiger partial charge in [-0.1, -0.05) is 17.7 Å². The predicted octanol–water partition coefficient (Wildman–Crippen LogP) is 1.68. The molecule has 0 radical (unpaired) electrons. The molecule has 0 saturated carbocycles. The summed E-state index contributed by atoms with van der Waals surface area (Å²) in [6, 6.07) is 8.30. The number of guanidine groups is 1. The van der Waals surface area contributed by atoms with Gasteiger partial charge in [0, 0.05) is 32.5 Å². The Labute approximate surface area is 115 Å². The number of anilines is 1. The zero-order chi connectivity index (χ0) is 14.1. The molecule has 0 aromatic heterocycles. The normalized spacial score (nSPS) is 11.5. The molecule has 0 atom stereocenters. The van der Waals surface area contributed by atoms with Crippen molar-refractivity contribution in [1.82, 2.24) is 5.43 Å². The average molecular weight is 264 g/mol. The van der Waals surface area contributed by atoms with Crippen LogP contribution < -0.4 is 16.2 Å². The van der Waals surface area contributed by atoms with E-state index in [-0.39, 0.29) is 0 Å². The van der Waals surface area contributed by atoms with E-state index in [9.17, 15) is 0 Å². The van der Waals surface area contributed by atoms with Crippen molar-refractivity contribution in [2.75, 3.05) is 31.7 Å². The van der Waals surface area contributed by atoms with E-state index in [0.717, 1.165) is 18.7 Å². The Bertz CT molecular complexity index is 389. The summed E-state index contributed by atoms with van der Waals surface area (Å²) in [5.41, 5.74) is 4.99. The van der Waals surface area contributed by atoms with E-state index in [1.54, 1.807) is 7.11 Å². The van der Waals surface area contributed by atoms with Crippen LogP contribution in [0.5, 0.6) is 0 Å². The summed E-state index contributed by atoms with van der Waals surface area (Å²) in [4.78, 5) is 6.52. The van der Waals surface area contributed by atoms with Gasteiger partial charge in [-0.15, -0.1) is 0 Å². The van der Waals surface area contributed by atoms with E-state index in [0.29, 0.717) is 19.1 Å². The number of nitrogens with one attached hydrogen (secondary N) is 1. The molecule has 0 aliphatic heterocycles.